The predicted octanol–water partition coefficient (Wildman–Crippen LogP) is 1.79. The van der Waals surface area contributed by atoms with E-state index < -0.39 is 21.1 Å². The topological polar surface area (TPSA) is 46.5 Å². The van der Waals surface area contributed by atoms with Crippen LogP contribution in [-0.4, -0.2) is 26.2 Å². The highest BCUT2D eigenvalue weighted by atomic mass is 28.3. The summed E-state index contributed by atoms with van der Waals surface area (Å²) in [4.78, 5) is 11.4. The average molecular weight is 300 g/mol. The lowest BCUT2D eigenvalue weighted by molar-refractivity contribution is -0.145. The monoisotopic (exact) mass is 300 g/mol. The van der Waals surface area contributed by atoms with Gasteiger partial charge < -0.3 is 9.53 Å². The maximum absolute atomic E-state index is 11.4. The fourth-order valence-corrected chi connectivity index (χ4v) is 4.71. The zero-order chi connectivity index (χ0) is 15.1. The molecule has 1 unspecified atom stereocenters. The molecule has 4 heteroatoms. The Kier molecular flexibility index (Phi) is 5.72. The van der Waals surface area contributed by atoms with E-state index in [0.717, 1.165) is 16.8 Å². The molecular weight excluding hydrogens is 280 g/mol. The van der Waals surface area contributed by atoms with E-state index in [1.165, 1.54) is 0 Å². The Labute approximate surface area is 126 Å². The number of carbonyl (C=O) groups is 1. The van der Waals surface area contributed by atoms with E-state index in [2.05, 4.69) is 0 Å². The van der Waals surface area contributed by atoms with Gasteiger partial charge in [-0.15, -0.1) is 0 Å². The summed E-state index contributed by atoms with van der Waals surface area (Å²) < 4.78 is 6.06. The van der Waals surface area contributed by atoms with E-state index in [1.54, 1.807) is 0 Å². The molecule has 0 aliphatic heterocycles. The quantitative estimate of drug-likeness (QED) is 0.793. The Balaban J connectivity index is 2.30. The predicted molar refractivity (Wildman–Crippen MR) is 86.7 cm³/mol. The summed E-state index contributed by atoms with van der Waals surface area (Å²) in [5, 5.41) is 11.5. The van der Waals surface area contributed by atoms with Crippen molar-refractivity contribution in [1.82, 2.24) is 0 Å². The van der Waals surface area contributed by atoms with Crippen LogP contribution in [0.1, 0.15) is 19.8 Å². The van der Waals surface area contributed by atoms with Crippen LogP contribution in [0.25, 0.3) is 0 Å². The van der Waals surface area contributed by atoms with Crippen LogP contribution in [0, 0.1) is 0 Å². The van der Waals surface area contributed by atoms with Gasteiger partial charge in [-0.1, -0.05) is 74.0 Å². The van der Waals surface area contributed by atoms with Crippen LogP contribution >= 0.6 is 0 Å². The van der Waals surface area contributed by atoms with Crippen LogP contribution in [0.4, 0.5) is 0 Å². The number of carboxylic acids is 1. The Hall–Kier alpha value is -1.91. The van der Waals surface area contributed by atoms with Crippen molar-refractivity contribution in [1.29, 1.82) is 0 Å². The molecule has 0 aliphatic carbocycles. The third-order valence-electron chi connectivity index (χ3n) is 3.33. The van der Waals surface area contributed by atoms with Gasteiger partial charge in [-0.05, 0) is 16.8 Å². The first kappa shape index (κ1) is 15.5. The zero-order valence-electron chi connectivity index (χ0n) is 12.1. The maximum atomic E-state index is 11.4. The summed E-state index contributed by atoms with van der Waals surface area (Å²) in [6, 6.07) is 19.9. The van der Waals surface area contributed by atoms with E-state index >= 15 is 0 Å². The molecule has 21 heavy (non-hydrogen) atoms. The van der Waals surface area contributed by atoms with Crippen LogP contribution < -0.4 is 10.4 Å². The second kappa shape index (κ2) is 7.76. The van der Waals surface area contributed by atoms with Crippen LogP contribution in [0.2, 0.25) is 0 Å². The van der Waals surface area contributed by atoms with Crippen molar-refractivity contribution in [3.63, 3.8) is 0 Å². The van der Waals surface area contributed by atoms with Crippen molar-refractivity contribution >= 4 is 25.4 Å². The van der Waals surface area contributed by atoms with E-state index in [0.29, 0.717) is 6.42 Å². The lowest BCUT2D eigenvalue weighted by Crippen LogP contribution is -2.48. The minimum Gasteiger partial charge on any atom is -0.479 e. The number of rotatable bonds is 7. The SMILES string of the molecule is CCCC(O[SiH](c1ccccc1)c1ccccc1)C(=O)O. The van der Waals surface area contributed by atoms with Gasteiger partial charge in [-0.2, -0.15) is 0 Å². The molecule has 0 saturated heterocycles. The van der Waals surface area contributed by atoms with Gasteiger partial charge in [0.1, 0.15) is 6.10 Å². The first-order chi connectivity index (χ1) is 10.2. The van der Waals surface area contributed by atoms with Crippen molar-refractivity contribution < 1.29 is 14.3 Å². The van der Waals surface area contributed by atoms with E-state index in [4.69, 9.17) is 4.43 Å². The van der Waals surface area contributed by atoms with Crippen LogP contribution in [-0.2, 0) is 9.22 Å². The van der Waals surface area contributed by atoms with Gasteiger partial charge in [0.15, 0.2) is 0 Å². The molecule has 0 heterocycles. The van der Waals surface area contributed by atoms with Crippen molar-refractivity contribution in [3.05, 3.63) is 60.7 Å². The molecule has 0 saturated carbocycles. The minimum absolute atomic E-state index is 0.540. The average Bonchev–Trinajstić information content (AvgIpc) is 2.53. The molecule has 0 aliphatic rings. The number of hydrogen-bond donors (Lipinski definition) is 1. The van der Waals surface area contributed by atoms with Crippen molar-refractivity contribution in [3.8, 4) is 0 Å². The molecule has 1 N–H and O–H groups in total. The van der Waals surface area contributed by atoms with Crippen LogP contribution in [0.15, 0.2) is 60.7 Å². The summed E-state index contributed by atoms with van der Waals surface area (Å²) in [6.45, 7) is 1.97. The normalized spacial score (nSPS) is 12.3. The van der Waals surface area contributed by atoms with Gasteiger partial charge in [-0.25, -0.2) is 4.79 Å². The molecule has 2 aromatic carbocycles. The molecule has 2 aromatic rings. The van der Waals surface area contributed by atoms with Gasteiger partial charge in [0.25, 0.3) is 0 Å². The number of carboxylic acid groups (broad SMARTS) is 1. The van der Waals surface area contributed by atoms with Gasteiger partial charge in [0.05, 0.1) is 0 Å². The van der Waals surface area contributed by atoms with Crippen molar-refractivity contribution in [2.45, 2.75) is 25.9 Å². The van der Waals surface area contributed by atoms with E-state index in [1.807, 2.05) is 67.6 Å². The van der Waals surface area contributed by atoms with E-state index in [9.17, 15) is 9.90 Å². The maximum Gasteiger partial charge on any atom is 0.331 e. The van der Waals surface area contributed by atoms with Crippen LogP contribution in [0.3, 0.4) is 0 Å². The summed E-state index contributed by atoms with van der Waals surface area (Å²) in [6.07, 6.45) is 0.604. The fourth-order valence-electron chi connectivity index (χ4n) is 2.28. The molecule has 0 spiro atoms. The molecule has 0 radical (unpaired) electrons. The highest BCUT2D eigenvalue weighted by molar-refractivity contribution is 6.80. The molecule has 3 nitrogen and oxygen atoms in total. The molecular formula is C17H20O3Si. The summed E-state index contributed by atoms with van der Waals surface area (Å²) in [5.74, 6) is -0.874. The lowest BCUT2D eigenvalue weighted by atomic mass is 10.2. The molecule has 0 fully saturated rings. The summed E-state index contributed by atoms with van der Waals surface area (Å²) >= 11 is 0. The largest absolute Gasteiger partial charge is 0.479 e. The summed E-state index contributed by atoms with van der Waals surface area (Å²) in [5.41, 5.74) is 0. The summed E-state index contributed by atoms with van der Waals surface area (Å²) in [7, 11) is -1.98. The number of benzene rings is 2. The second-order valence-corrected chi connectivity index (χ2v) is 7.32. The van der Waals surface area contributed by atoms with Gasteiger partial charge >= 0.3 is 5.97 Å². The third kappa shape index (κ3) is 4.28. The van der Waals surface area contributed by atoms with Gasteiger partial charge in [0.2, 0.25) is 9.04 Å². The Morgan fingerprint density at radius 2 is 1.52 bits per heavy atom. The molecule has 110 valence electrons. The molecule has 1 atom stereocenters. The van der Waals surface area contributed by atoms with Crippen molar-refractivity contribution in [2.24, 2.45) is 0 Å². The molecule has 2 rings (SSSR count). The fraction of sp³-hybridized carbons (Fsp3) is 0.235. The second-order valence-electron chi connectivity index (χ2n) is 4.95. The number of aliphatic carboxylic acids is 1. The van der Waals surface area contributed by atoms with Gasteiger partial charge in [-0.3, -0.25) is 0 Å². The highest BCUT2D eigenvalue weighted by Gasteiger charge is 2.25. The minimum atomic E-state index is -1.98. The smallest absolute Gasteiger partial charge is 0.331 e. The third-order valence-corrected chi connectivity index (χ3v) is 5.91. The Bertz CT molecular complexity index is 517. The number of hydrogen-bond acceptors (Lipinski definition) is 2. The Morgan fingerprint density at radius 1 is 1.05 bits per heavy atom. The molecule has 0 aromatic heterocycles. The van der Waals surface area contributed by atoms with Crippen molar-refractivity contribution in [2.75, 3.05) is 0 Å². The standard InChI is InChI=1S/C17H20O3Si/c1-2-9-16(17(18)19)20-21(14-10-5-3-6-11-14)15-12-7-4-8-13-15/h3-8,10-13,16,21H,2,9H2,1H3,(H,18,19). The Morgan fingerprint density at radius 3 is 1.90 bits per heavy atom. The van der Waals surface area contributed by atoms with Gasteiger partial charge in [0, 0.05) is 0 Å². The zero-order valence-corrected chi connectivity index (χ0v) is 13.3. The molecule has 0 amide bonds. The molecule has 0 bridgehead atoms. The van der Waals surface area contributed by atoms with Crippen LogP contribution in [0.5, 0.6) is 0 Å². The first-order valence-corrected chi connectivity index (χ1v) is 8.83. The highest BCUT2D eigenvalue weighted by Crippen LogP contribution is 2.06. The first-order valence-electron chi connectivity index (χ1n) is 7.20. The lowest BCUT2D eigenvalue weighted by Gasteiger charge is -2.22. The van der Waals surface area contributed by atoms with E-state index in [-0.39, 0.29) is 0 Å².